The molecular weight excluding hydrogens is 336 g/mol. The molecule has 0 radical (unpaired) electrons. The Balaban J connectivity index is 1.43. The van der Waals surface area contributed by atoms with E-state index in [0.29, 0.717) is 19.0 Å². The van der Waals surface area contributed by atoms with Gasteiger partial charge in [0.1, 0.15) is 12.4 Å². The molecule has 0 bridgehead atoms. The van der Waals surface area contributed by atoms with Crippen molar-refractivity contribution in [3.63, 3.8) is 0 Å². The number of fused-ring (bicyclic) bond motifs is 1. The van der Waals surface area contributed by atoms with E-state index < -0.39 is 0 Å². The normalized spacial score (nSPS) is 10.7. The van der Waals surface area contributed by atoms with Crippen LogP contribution < -0.4 is 10.1 Å². The number of pyridine rings is 1. The lowest BCUT2D eigenvalue weighted by Gasteiger charge is -2.10. The SMILES string of the molecule is Cc1nc2ccccc2nc1NCc1ccnc(OCc2ccccc2)c1. The van der Waals surface area contributed by atoms with Crippen LogP contribution in [0.3, 0.4) is 0 Å². The molecule has 0 amide bonds. The molecule has 2 aromatic heterocycles. The van der Waals surface area contributed by atoms with E-state index in [1.165, 1.54) is 0 Å². The number of aromatic nitrogens is 3. The summed E-state index contributed by atoms with van der Waals surface area (Å²) in [7, 11) is 0. The molecule has 0 unspecified atom stereocenters. The third-order valence-electron chi connectivity index (χ3n) is 4.23. The van der Waals surface area contributed by atoms with E-state index in [-0.39, 0.29) is 0 Å². The number of rotatable bonds is 6. The largest absolute Gasteiger partial charge is 0.473 e. The smallest absolute Gasteiger partial charge is 0.213 e. The molecule has 2 heterocycles. The maximum Gasteiger partial charge on any atom is 0.213 e. The van der Waals surface area contributed by atoms with Crippen molar-refractivity contribution >= 4 is 16.9 Å². The van der Waals surface area contributed by atoms with Gasteiger partial charge >= 0.3 is 0 Å². The van der Waals surface area contributed by atoms with Crippen LogP contribution in [0.15, 0.2) is 72.9 Å². The quantitative estimate of drug-likeness (QED) is 0.550. The molecule has 4 aromatic rings. The van der Waals surface area contributed by atoms with Crippen LogP contribution in [0.2, 0.25) is 0 Å². The van der Waals surface area contributed by atoms with Crippen molar-refractivity contribution in [3.8, 4) is 5.88 Å². The lowest BCUT2D eigenvalue weighted by Crippen LogP contribution is -2.05. The molecule has 0 aliphatic rings. The number of ether oxygens (including phenoxy) is 1. The van der Waals surface area contributed by atoms with E-state index in [1.807, 2.05) is 73.7 Å². The van der Waals surface area contributed by atoms with Gasteiger partial charge in [-0.1, -0.05) is 42.5 Å². The molecule has 4 rings (SSSR count). The van der Waals surface area contributed by atoms with Gasteiger partial charge in [0.25, 0.3) is 0 Å². The first-order valence-electron chi connectivity index (χ1n) is 8.87. The summed E-state index contributed by atoms with van der Waals surface area (Å²) in [5, 5.41) is 3.37. The van der Waals surface area contributed by atoms with Gasteiger partial charge in [0, 0.05) is 18.8 Å². The summed E-state index contributed by atoms with van der Waals surface area (Å²) >= 11 is 0. The summed E-state index contributed by atoms with van der Waals surface area (Å²) in [6.45, 7) is 3.08. The topological polar surface area (TPSA) is 59.9 Å². The standard InChI is InChI=1S/C22H20N4O/c1-16-22(26-20-10-6-5-9-19(20)25-16)24-14-18-11-12-23-21(13-18)27-15-17-7-3-2-4-8-17/h2-13H,14-15H2,1H3,(H,24,26). The fourth-order valence-corrected chi connectivity index (χ4v) is 2.81. The monoisotopic (exact) mass is 356 g/mol. The molecule has 0 aliphatic carbocycles. The van der Waals surface area contributed by atoms with E-state index in [2.05, 4.69) is 20.3 Å². The summed E-state index contributed by atoms with van der Waals surface area (Å²) in [6.07, 6.45) is 1.76. The molecule has 5 nitrogen and oxygen atoms in total. The van der Waals surface area contributed by atoms with Crippen LogP contribution in [0.25, 0.3) is 11.0 Å². The molecular formula is C22H20N4O. The van der Waals surface area contributed by atoms with Crippen molar-refractivity contribution in [2.24, 2.45) is 0 Å². The van der Waals surface area contributed by atoms with Crippen molar-refractivity contribution in [1.29, 1.82) is 0 Å². The van der Waals surface area contributed by atoms with Gasteiger partial charge in [-0.25, -0.2) is 15.0 Å². The number of anilines is 1. The van der Waals surface area contributed by atoms with Gasteiger partial charge in [-0.3, -0.25) is 0 Å². The summed E-state index contributed by atoms with van der Waals surface area (Å²) in [4.78, 5) is 13.6. The predicted octanol–water partition coefficient (Wildman–Crippen LogP) is 4.52. The van der Waals surface area contributed by atoms with Gasteiger partial charge in [-0.15, -0.1) is 0 Å². The highest BCUT2D eigenvalue weighted by Gasteiger charge is 2.05. The van der Waals surface area contributed by atoms with Crippen molar-refractivity contribution in [3.05, 3.63) is 89.7 Å². The molecule has 0 spiro atoms. The second-order valence-electron chi connectivity index (χ2n) is 6.28. The average molecular weight is 356 g/mol. The highest BCUT2D eigenvalue weighted by molar-refractivity contribution is 5.76. The van der Waals surface area contributed by atoms with E-state index in [9.17, 15) is 0 Å². The molecule has 27 heavy (non-hydrogen) atoms. The minimum atomic E-state index is 0.500. The number of hydrogen-bond acceptors (Lipinski definition) is 5. The average Bonchev–Trinajstić information content (AvgIpc) is 2.72. The molecule has 5 heteroatoms. The van der Waals surface area contributed by atoms with Crippen LogP contribution in [0, 0.1) is 6.92 Å². The molecule has 134 valence electrons. The predicted molar refractivity (Wildman–Crippen MR) is 107 cm³/mol. The molecule has 2 aromatic carbocycles. The minimum Gasteiger partial charge on any atom is -0.473 e. The summed E-state index contributed by atoms with van der Waals surface area (Å²) in [5.74, 6) is 1.40. The Morgan fingerprint density at radius 1 is 0.852 bits per heavy atom. The second kappa shape index (κ2) is 7.83. The first kappa shape index (κ1) is 17.0. The zero-order valence-electron chi connectivity index (χ0n) is 15.1. The molecule has 0 saturated carbocycles. The van der Waals surface area contributed by atoms with Gasteiger partial charge in [0.05, 0.1) is 16.7 Å². The highest BCUT2D eigenvalue weighted by atomic mass is 16.5. The van der Waals surface area contributed by atoms with Gasteiger partial charge in [-0.2, -0.15) is 0 Å². The van der Waals surface area contributed by atoms with Crippen LogP contribution in [0.5, 0.6) is 5.88 Å². The Labute approximate surface area is 158 Å². The summed E-state index contributed by atoms with van der Waals surface area (Å²) in [6, 6.07) is 21.8. The number of nitrogens with zero attached hydrogens (tertiary/aromatic N) is 3. The third kappa shape index (κ3) is 4.20. The third-order valence-corrected chi connectivity index (χ3v) is 4.23. The van der Waals surface area contributed by atoms with Gasteiger partial charge in [0.2, 0.25) is 5.88 Å². The Bertz CT molecular complexity index is 1050. The maximum atomic E-state index is 5.80. The molecule has 0 aliphatic heterocycles. The molecule has 0 fully saturated rings. The van der Waals surface area contributed by atoms with Gasteiger partial charge < -0.3 is 10.1 Å². The van der Waals surface area contributed by atoms with Crippen LogP contribution in [0.4, 0.5) is 5.82 Å². The van der Waals surface area contributed by atoms with Crippen molar-refractivity contribution in [2.75, 3.05) is 5.32 Å². The first-order chi connectivity index (χ1) is 13.3. The van der Waals surface area contributed by atoms with Gasteiger partial charge in [0.15, 0.2) is 0 Å². The van der Waals surface area contributed by atoms with E-state index in [4.69, 9.17) is 4.74 Å². The summed E-state index contributed by atoms with van der Waals surface area (Å²) < 4.78 is 5.80. The van der Waals surface area contributed by atoms with Crippen LogP contribution >= 0.6 is 0 Å². The lowest BCUT2D eigenvalue weighted by molar-refractivity contribution is 0.293. The zero-order chi connectivity index (χ0) is 18.5. The Hall–Kier alpha value is -3.47. The molecule has 0 atom stereocenters. The Morgan fingerprint density at radius 2 is 1.59 bits per heavy atom. The zero-order valence-corrected chi connectivity index (χ0v) is 15.1. The van der Waals surface area contributed by atoms with Crippen LogP contribution in [-0.4, -0.2) is 15.0 Å². The maximum absolute atomic E-state index is 5.80. The van der Waals surface area contributed by atoms with Crippen molar-refractivity contribution in [2.45, 2.75) is 20.1 Å². The number of hydrogen-bond donors (Lipinski definition) is 1. The Morgan fingerprint density at radius 3 is 2.41 bits per heavy atom. The van der Waals surface area contributed by atoms with Crippen LogP contribution in [0.1, 0.15) is 16.8 Å². The van der Waals surface area contributed by atoms with Gasteiger partial charge in [-0.05, 0) is 36.2 Å². The molecule has 0 saturated heterocycles. The fraction of sp³-hybridized carbons (Fsp3) is 0.136. The lowest BCUT2D eigenvalue weighted by atomic mass is 10.2. The number of nitrogens with one attached hydrogen (secondary N) is 1. The second-order valence-corrected chi connectivity index (χ2v) is 6.28. The minimum absolute atomic E-state index is 0.500. The number of benzene rings is 2. The van der Waals surface area contributed by atoms with Crippen molar-refractivity contribution < 1.29 is 4.74 Å². The Kier molecular flexibility index (Phi) is 4.92. The number of para-hydroxylation sites is 2. The van der Waals surface area contributed by atoms with E-state index >= 15 is 0 Å². The summed E-state index contributed by atoms with van der Waals surface area (Å²) in [5.41, 5.74) is 4.85. The number of aryl methyl sites for hydroxylation is 1. The van der Waals surface area contributed by atoms with Crippen molar-refractivity contribution in [1.82, 2.24) is 15.0 Å². The highest BCUT2D eigenvalue weighted by Crippen LogP contribution is 2.18. The van der Waals surface area contributed by atoms with Crippen LogP contribution in [-0.2, 0) is 13.2 Å². The van der Waals surface area contributed by atoms with E-state index in [0.717, 1.165) is 33.7 Å². The fourth-order valence-electron chi connectivity index (χ4n) is 2.81. The van der Waals surface area contributed by atoms with E-state index in [1.54, 1.807) is 6.20 Å². The molecule has 1 N–H and O–H groups in total. The first-order valence-corrected chi connectivity index (χ1v) is 8.87.